The summed E-state index contributed by atoms with van der Waals surface area (Å²) in [6.45, 7) is 8.12. The highest BCUT2D eigenvalue weighted by molar-refractivity contribution is 4.73. The monoisotopic (exact) mass is 182 g/mol. The third-order valence-corrected chi connectivity index (χ3v) is 2.75. The number of nitrogens with one attached hydrogen (secondary N) is 1. The van der Waals surface area contributed by atoms with E-state index in [9.17, 15) is 0 Å². The Hall–Kier alpha value is -0.340. The Kier molecular flexibility index (Phi) is 5.09. The largest absolute Gasteiger partial charge is 0.312 e. The molecule has 0 aromatic heterocycles. The van der Waals surface area contributed by atoms with Crippen molar-refractivity contribution in [2.45, 2.75) is 19.3 Å². The van der Waals surface area contributed by atoms with Gasteiger partial charge >= 0.3 is 0 Å². The van der Waals surface area contributed by atoms with Gasteiger partial charge in [-0.25, -0.2) is 0 Å². The first-order valence-corrected chi connectivity index (χ1v) is 5.33. The lowest BCUT2D eigenvalue weighted by Crippen LogP contribution is -2.34. The SMILES string of the molecule is C=CCNCCN(C)CC1CCC1. The van der Waals surface area contributed by atoms with Gasteiger partial charge in [-0.15, -0.1) is 6.58 Å². The van der Waals surface area contributed by atoms with Crippen molar-refractivity contribution in [2.24, 2.45) is 5.92 Å². The minimum absolute atomic E-state index is 0.928. The summed E-state index contributed by atoms with van der Waals surface area (Å²) in [5.41, 5.74) is 0. The predicted octanol–water partition coefficient (Wildman–Crippen LogP) is 1.49. The number of hydrogen-bond donors (Lipinski definition) is 1. The first kappa shape index (κ1) is 10.7. The third kappa shape index (κ3) is 4.44. The Balaban J connectivity index is 1.90. The van der Waals surface area contributed by atoms with Crippen molar-refractivity contribution < 1.29 is 0 Å². The average Bonchev–Trinajstić information content (AvgIpc) is 2.06. The van der Waals surface area contributed by atoms with Crippen LogP contribution in [0.2, 0.25) is 0 Å². The fraction of sp³-hybridized carbons (Fsp3) is 0.818. The molecule has 1 rings (SSSR count). The number of likely N-dealkylation sites (N-methyl/N-ethyl adjacent to an activating group) is 1. The second kappa shape index (κ2) is 6.17. The lowest BCUT2D eigenvalue weighted by atomic mass is 9.85. The van der Waals surface area contributed by atoms with Gasteiger partial charge in [-0.2, -0.15) is 0 Å². The number of hydrogen-bond acceptors (Lipinski definition) is 2. The third-order valence-electron chi connectivity index (χ3n) is 2.75. The molecule has 0 unspecified atom stereocenters. The molecule has 2 nitrogen and oxygen atoms in total. The number of rotatable bonds is 7. The summed E-state index contributed by atoms with van der Waals surface area (Å²) < 4.78 is 0. The molecule has 1 aliphatic rings. The molecule has 1 N–H and O–H groups in total. The van der Waals surface area contributed by atoms with Gasteiger partial charge in [0.05, 0.1) is 0 Å². The van der Waals surface area contributed by atoms with Crippen LogP contribution in [0.1, 0.15) is 19.3 Å². The van der Waals surface area contributed by atoms with Crippen LogP contribution in [0.5, 0.6) is 0 Å². The molecule has 0 saturated heterocycles. The molecule has 0 amide bonds. The Morgan fingerprint density at radius 2 is 2.31 bits per heavy atom. The molecule has 0 atom stereocenters. The first-order valence-electron chi connectivity index (χ1n) is 5.33. The van der Waals surface area contributed by atoms with E-state index < -0.39 is 0 Å². The predicted molar refractivity (Wildman–Crippen MR) is 57.9 cm³/mol. The topological polar surface area (TPSA) is 15.3 Å². The van der Waals surface area contributed by atoms with Gasteiger partial charge in [0.2, 0.25) is 0 Å². The highest BCUT2D eigenvalue weighted by atomic mass is 15.1. The van der Waals surface area contributed by atoms with Crippen LogP contribution in [-0.2, 0) is 0 Å². The molecule has 13 heavy (non-hydrogen) atoms. The van der Waals surface area contributed by atoms with Crippen molar-refractivity contribution in [2.75, 3.05) is 33.2 Å². The smallest absolute Gasteiger partial charge is 0.0132 e. The Bertz CT molecular complexity index is 141. The van der Waals surface area contributed by atoms with Gasteiger partial charge in [0.25, 0.3) is 0 Å². The van der Waals surface area contributed by atoms with E-state index in [-0.39, 0.29) is 0 Å². The lowest BCUT2D eigenvalue weighted by molar-refractivity contribution is 0.206. The van der Waals surface area contributed by atoms with Gasteiger partial charge in [0.1, 0.15) is 0 Å². The summed E-state index contributed by atoms with van der Waals surface area (Å²) in [5, 5.41) is 3.32. The Labute approximate surface area is 82.0 Å². The molecule has 2 heteroatoms. The fourth-order valence-electron chi connectivity index (χ4n) is 1.68. The van der Waals surface area contributed by atoms with Gasteiger partial charge in [-0.3, -0.25) is 0 Å². The van der Waals surface area contributed by atoms with Crippen molar-refractivity contribution >= 4 is 0 Å². The zero-order chi connectivity index (χ0) is 9.52. The fourth-order valence-corrected chi connectivity index (χ4v) is 1.68. The molecule has 0 aromatic rings. The van der Waals surface area contributed by atoms with Crippen molar-refractivity contribution in [1.29, 1.82) is 0 Å². The van der Waals surface area contributed by atoms with Gasteiger partial charge in [0, 0.05) is 26.2 Å². The van der Waals surface area contributed by atoms with Crippen LogP contribution in [-0.4, -0.2) is 38.1 Å². The van der Waals surface area contributed by atoms with Crippen LogP contribution in [0.4, 0.5) is 0 Å². The normalized spacial score (nSPS) is 17.4. The molecular weight excluding hydrogens is 160 g/mol. The molecule has 0 heterocycles. The highest BCUT2D eigenvalue weighted by Crippen LogP contribution is 2.26. The van der Waals surface area contributed by atoms with E-state index in [1.165, 1.54) is 25.8 Å². The van der Waals surface area contributed by atoms with Gasteiger partial charge in [-0.1, -0.05) is 12.5 Å². The van der Waals surface area contributed by atoms with Crippen LogP contribution in [0.25, 0.3) is 0 Å². The molecule has 76 valence electrons. The van der Waals surface area contributed by atoms with Gasteiger partial charge in [-0.05, 0) is 25.8 Å². The summed E-state index contributed by atoms with van der Waals surface area (Å²) in [4.78, 5) is 2.43. The summed E-state index contributed by atoms with van der Waals surface area (Å²) in [7, 11) is 2.22. The summed E-state index contributed by atoms with van der Waals surface area (Å²) >= 11 is 0. The zero-order valence-electron chi connectivity index (χ0n) is 8.76. The van der Waals surface area contributed by atoms with E-state index in [4.69, 9.17) is 0 Å². The Morgan fingerprint density at radius 3 is 2.85 bits per heavy atom. The zero-order valence-corrected chi connectivity index (χ0v) is 8.76. The van der Waals surface area contributed by atoms with E-state index in [1.807, 2.05) is 6.08 Å². The maximum absolute atomic E-state index is 3.67. The van der Waals surface area contributed by atoms with E-state index in [0.29, 0.717) is 0 Å². The quantitative estimate of drug-likeness (QED) is 0.474. The van der Waals surface area contributed by atoms with Crippen LogP contribution >= 0.6 is 0 Å². The molecule has 0 spiro atoms. The average molecular weight is 182 g/mol. The minimum atomic E-state index is 0.928. The van der Waals surface area contributed by atoms with E-state index in [0.717, 1.165) is 25.6 Å². The van der Waals surface area contributed by atoms with E-state index >= 15 is 0 Å². The van der Waals surface area contributed by atoms with Crippen molar-refractivity contribution in [3.8, 4) is 0 Å². The van der Waals surface area contributed by atoms with Crippen LogP contribution in [0, 0.1) is 5.92 Å². The maximum atomic E-state index is 3.67. The maximum Gasteiger partial charge on any atom is 0.0132 e. The molecule has 1 fully saturated rings. The van der Waals surface area contributed by atoms with Crippen LogP contribution < -0.4 is 5.32 Å². The molecule has 0 aliphatic heterocycles. The van der Waals surface area contributed by atoms with Crippen molar-refractivity contribution in [1.82, 2.24) is 10.2 Å². The van der Waals surface area contributed by atoms with Crippen molar-refractivity contribution in [3.63, 3.8) is 0 Å². The van der Waals surface area contributed by atoms with Crippen LogP contribution in [0.15, 0.2) is 12.7 Å². The lowest BCUT2D eigenvalue weighted by Gasteiger charge is -2.30. The second-order valence-electron chi connectivity index (χ2n) is 4.05. The van der Waals surface area contributed by atoms with Gasteiger partial charge in [0.15, 0.2) is 0 Å². The molecule has 1 saturated carbocycles. The van der Waals surface area contributed by atoms with Gasteiger partial charge < -0.3 is 10.2 Å². The molecular formula is C11H22N2. The minimum Gasteiger partial charge on any atom is -0.312 e. The Morgan fingerprint density at radius 1 is 1.54 bits per heavy atom. The molecule has 1 aliphatic carbocycles. The van der Waals surface area contributed by atoms with E-state index in [1.54, 1.807) is 0 Å². The highest BCUT2D eigenvalue weighted by Gasteiger charge is 2.18. The standard InChI is InChI=1S/C11H22N2/c1-3-7-12-8-9-13(2)10-11-5-4-6-11/h3,11-12H,1,4-10H2,2H3. The first-order chi connectivity index (χ1) is 6.33. The second-order valence-corrected chi connectivity index (χ2v) is 4.05. The number of nitrogens with zero attached hydrogens (tertiary/aromatic N) is 1. The molecule has 0 radical (unpaired) electrons. The van der Waals surface area contributed by atoms with Crippen LogP contribution in [0.3, 0.4) is 0 Å². The molecule has 0 aromatic carbocycles. The molecule has 0 bridgehead atoms. The van der Waals surface area contributed by atoms with E-state index in [2.05, 4.69) is 23.8 Å². The summed E-state index contributed by atoms with van der Waals surface area (Å²) in [6.07, 6.45) is 6.26. The summed E-state index contributed by atoms with van der Waals surface area (Å²) in [5.74, 6) is 0.990. The van der Waals surface area contributed by atoms with Crippen molar-refractivity contribution in [3.05, 3.63) is 12.7 Å². The summed E-state index contributed by atoms with van der Waals surface area (Å²) in [6, 6.07) is 0.